The summed E-state index contributed by atoms with van der Waals surface area (Å²) in [6, 6.07) is 10.4. The molecular formula is C26H20F3N5O3. The molecule has 11 heteroatoms. The molecule has 2 heterocycles. The van der Waals surface area contributed by atoms with E-state index in [1.807, 2.05) is 4.90 Å². The SMILES string of the molecule is O=C(Nc1cccc(F)c1)Nc1ccc(F)c(C(=O)c2ccc3ncc(N4CCOCC4)nc3c2)c1F. The number of rotatable bonds is 5. The van der Waals surface area contributed by atoms with Gasteiger partial charge in [-0.3, -0.25) is 9.78 Å². The Morgan fingerprint density at radius 3 is 2.51 bits per heavy atom. The lowest BCUT2D eigenvalue weighted by Gasteiger charge is -2.27. The number of aromatic nitrogens is 2. The fraction of sp³-hybridized carbons (Fsp3) is 0.154. The summed E-state index contributed by atoms with van der Waals surface area (Å²) in [4.78, 5) is 36.4. The zero-order chi connectivity index (χ0) is 25.9. The van der Waals surface area contributed by atoms with Crippen LogP contribution in [0.15, 0.2) is 60.8 Å². The molecule has 0 spiro atoms. The van der Waals surface area contributed by atoms with Crippen molar-refractivity contribution in [3.05, 3.63) is 89.4 Å². The molecule has 1 fully saturated rings. The maximum absolute atomic E-state index is 15.2. The molecule has 0 atom stereocenters. The van der Waals surface area contributed by atoms with Crippen molar-refractivity contribution in [3.8, 4) is 0 Å². The normalized spacial score (nSPS) is 13.4. The summed E-state index contributed by atoms with van der Waals surface area (Å²) in [6.07, 6.45) is 1.62. The number of benzene rings is 3. The number of hydrogen-bond acceptors (Lipinski definition) is 6. The Labute approximate surface area is 209 Å². The summed E-state index contributed by atoms with van der Waals surface area (Å²) in [5, 5.41) is 4.56. The minimum atomic E-state index is -1.24. The maximum Gasteiger partial charge on any atom is 0.323 e. The van der Waals surface area contributed by atoms with E-state index in [4.69, 9.17) is 4.74 Å². The molecule has 1 aromatic heterocycles. The molecule has 0 saturated carbocycles. The standard InChI is InChI=1S/C26H20F3N5O3/c27-16-2-1-3-17(13-16)31-26(36)33-20-7-5-18(28)23(24(20)29)25(35)15-4-6-19-21(12-15)32-22(14-30-19)34-8-10-37-11-9-34/h1-7,12-14H,8-11H2,(H2,31,33,36). The van der Waals surface area contributed by atoms with Crippen LogP contribution in [0.3, 0.4) is 0 Å². The monoisotopic (exact) mass is 507 g/mol. The predicted octanol–water partition coefficient (Wildman–Crippen LogP) is 4.76. The van der Waals surface area contributed by atoms with E-state index in [1.165, 1.54) is 30.3 Å². The van der Waals surface area contributed by atoms with Crippen LogP contribution in [0.1, 0.15) is 15.9 Å². The topological polar surface area (TPSA) is 96.5 Å². The third-order valence-electron chi connectivity index (χ3n) is 5.78. The molecule has 1 aliphatic heterocycles. The number of carbonyl (C=O) groups is 2. The van der Waals surface area contributed by atoms with E-state index in [1.54, 1.807) is 12.3 Å². The van der Waals surface area contributed by atoms with Crippen LogP contribution in [0.5, 0.6) is 0 Å². The number of fused-ring (bicyclic) bond motifs is 1. The average molecular weight is 507 g/mol. The zero-order valence-electron chi connectivity index (χ0n) is 19.3. The Bertz CT molecular complexity index is 1510. The molecule has 188 valence electrons. The Kier molecular flexibility index (Phi) is 6.69. The van der Waals surface area contributed by atoms with E-state index >= 15 is 4.39 Å². The second-order valence-electron chi connectivity index (χ2n) is 8.23. The van der Waals surface area contributed by atoms with Gasteiger partial charge in [-0.1, -0.05) is 6.07 Å². The van der Waals surface area contributed by atoms with Gasteiger partial charge in [-0.25, -0.2) is 22.9 Å². The van der Waals surface area contributed by atoms with Crippen LogP contribution < -0.4 is 15.5 Å². The molecule has 1 saturated heterocycles. The number of nitrogens with zero attached hydrogens (tertiary/aromatic N) is 3. The van der Waals surface area contributed by atoms with E-state index < -0.39 is 40.5 Å². The Morgan fingerprint density at radius 2 is 1.73 bits per heavy atom. The molecule has 2 N–H and O–H groups in total. The molecule has 8 nitrogen and oxygen atoms in total. The van der Waals surface area contributed by atoms with Crippen molar-refractivity contribution in [2.45, 2.75) is 0 Å². The van der Waals surface area contributed by atoms with Crippen LogP contribution in [0, 0.1) is 17.5 Å². The van der Waals surface area contributed by atoms with Crippen molar-refractivity contribution >= 4 is 40.0 Å². The number of hydrogen-bond donors (Lipinski definition) is 2. The van der Waals surface area contributed by atoms with Crippen LogP contribution in [0.2, 0.25) is 0 Å². The molecule has 0 bridgehead atoms. The molecule has 1 aliphatic rings. The van der Waals surface area contributed by atoms with Crippen molar-refractivity contribution < 1.29 is 27.5 Å². The van der Waals surface area contributed by atoms with Crippen LogP contribution in [0.4, 0.5) is 35.2 Å². The first kappa shape index (κ1) is 24.2. The van der Waals surface area contributed by atoms with Crippen molar-refractivity contribution in [1.82, 2.24) is 9.97 Å². The number of halogens is 3. The lowest BCUT2D eigenvalue weighted by molar-refractivity contribution is 0.103. The van der Waals surface area contributed by atoms with Crippen molar-refractivity contribution in [2.75, 3.05) is 41.8 Å². The van der Waals surface area contributed by atoms with E-state index in [2.05, 4.69) is 20.6 Å². The molecule has 0 aliphatic carbocycles. The minimum absolute atomic E-state index is 0.0000831. The highest BCUT2D eigenvalue weighted by molar-refractivity contribution is 6.11. The number of carbonyl (C=O) groups excluding carboxylic acids is 2. The van der Waals surface area contributed by atoms with E-state index in [0.29, 0.717) is 43.2 Å². The molecule has 4 aromatic rings. The Morgan fingerprint density at radius 1 is 0.919 bits per heavy atom. The third-order valence-corrected chi connectivity index (χ3v) is 5.78. The smallest absolute Gasteiger partial charge is 0.323 e. The van der Waals surface area contributed by atoms with Gasteiger partial charge in [0, 0.05) is 24.3 Å². The number of ether oxygens (including phenoxy) is 1. The van der Waals surface area contributed by atoms with Crippen LogP contribution >= 0.6 is 0 Å². The van der Waals surface area contributed by atoms with Crippen molar-refractivity contribution in [3.63, 3.8) is 0 Å². The van der Waals surface area contributed by atoms with Crippen molar-refractivity contribution in [2.24, 2.45) is 0 Å². The molecule has 37 heavy (non-hydrogen) atoms. The number of nitrogens with one attached hydrogen (secondary N) is 2. The van der Waals surface area contributed by atoms with Crippen LogP contribution in [-0.2, 0) is 4.74 Å². The van der Waals surface area contributed by atoms with Gasteiger partial charge in [0.05, 0.1) is 41.7 Å². The largest absolute Gasteiger partial charge is 0.378 e. The maximum atomic E-state index is 15.2. The van der Waals surface area contributed by atoms with Gasteiger partial charge < -0.3 is 20.3 Å². The van der Waals surface area contributed by atoms with E-state index in [-0.39, 0.29) is 11.3 Å². The van der Waals surface area contributed by atoms with Crippen LogP contribution in [-0.4, -0.2) is 48.1 Å². The summed E-state index contributed by atoms with van der Waals surface area (Å²) in [7, 11) is 0. The first-order valence-corrected chi connectivity index (χ1v) is 11.3. The van der Waals surface area contributed by atoms with Crippen LogP contribution in [0.25, 0.3) is 11.0 Å². The number of amides is 2. The Balaban J connectivity index is 1.41. The highest BCUT2D eigenvalue weighted by Gasteiger charge is 2.23. The molecular weight excluding hydrogens is 487 g/mol. The Hall–Kier alpha value is -4.51. The van der Waals surface area contributed by atoms with Gasteiger partial charge in [0.25, 0.3) is 0 Å². The molecule has 5 rings (SSSR count). The summed E-state index contributed by atoms with van der Waals surface area (Å²) >= 11 is 0. The summed E-state index contributed by atoms with van der Waals surface area (Å²) in [5.41, 5.74) is -0.225. The van der Waals surface area contributed by atoms with Gasteiger partial charge in [0.1, 0.15) is 17.5 Å². The van der Waals surface area contributed by atoms with E-state index in [0.717, 1.165) is 18.2 Å². The number of urea groups is 1. The zero-order valence-corrected chi connectivity index (χ0v) is 19.3. The lowest BCUT2D eigenvalue weighted by Crippen LogP contribution is -2.36. The summed E-state index contributed by atoms with van der Waals surface area (Å²) < 4.78 is 48.6. The number of anilines is 3. The highest BCUT2D eigenvalue weighted by atomic mass is 19.1. The highest BCUT2D eigenvalue weighted by Crippen LogP contribution is 2.26. The van der Waals surface area contributed by atoms with Gasteiger partial charge in [0.2, 0.25) is 0 Å². The number of ketones is 1. The fourth-order valence-corrected chi connectivity index (χ4v) is 3.94. The van der Waals surface area contributed by atoms with Gasteiger partial charge >= 0.3 is 6.03 Å². The molecule has 3 aromatic carbocycles. The second-order valence-corrected chi connectivity index (χ2v) is 8.23. The van der Waals surface area contributed by atoms with Gasteiger partial charge in [-0.05, 0) is 48.5 Å². The first-order valence-electron chi connectivity index (χ1n) is 11.3. The van der Waals surface area contributed by atoms with Gasteiger partial charge in [-0.15, -0.1) is 0 Å². The second kappa shape index (κ2) is 10.2. The molecule has 2 amide bonds. The molecule has 0 radical (unpaired) electrons. The summed E-state index contributed by atoms with van der Waals surface area (Å²) in [6.45, 7) is 2.40. The van der Waals surface area contributed by atoms with Gasteiger partial charge in [0.15, 0.2) is 11.6 Å². The quantitative estimate of drug-likeness (QED) is 0.378. The predicted molar refractivity (Wildman–Crippen MR) is 131 cm³/mol. The van der Waals surface area contributed by atoms with Crippen molar-refractivity contribution in [1.29, 1.82) is 0 Å². The lowest BCUT2D eigenvalue weighted by atomic mass is 10.0. The first-order chi connectivity index (χ1) is 17.9. The number of morpholine rings is 1. The fourth-order valence-electron chi connectivity index (χ4n) is 3.94. The summed E-state index contributed by atoms with van der Waals surface area (Å²) in [5.74, 6) is -3.23. The van der Waals surface area contributed by atoms with Gasteiger partial charge in [-0.2, -0.15) is 0 Å². The third kappa shape index (κ3) is 5.21. The molecule has 0 unspecified atom stereocenters. The van der Waals surface area contributed by atoms with E-state index in [9.17, 15) is 18.4 Å². The average Bonchev–Trinajstić information content (AvgIpc) is 2.90. The minimum Gasteiger partial charge on any atom is -0.378 e.